The maximum Gasteiger partial charge on any atom is 0.335 e. The number of carboxylic acids is 1. The number of hydrogen-bond acceptors (Lipinski definition) is 3. The SMILES string of the molecule is CC1=CC2=C3OCCC[C@@H]3[C@H](c3ccc(C(=O)O)cc3C)NC2C=C1F. The van der Waals surface area contributed by atoms with Crippen LogP contribution in [0.2, 0.25) is 0 Å². The van der Waals surface area contributed by atoms with E-state index in [4.69, 9.17) is 4.74 Å². The molecular weight excluding hydrogens is 333 g/mol. The highest BCUT2D eigenvalue weighted by Crippen LogP contribution is 2.44. The van der Waals surface area contributed by atoms with E-state index in [1.54, 1.807) is 25.1 Å². The maximum absolute atomic E-state index is 14.1. The fourth-order valence-electron chi connectivity index (χ4n) is 4.23. The number of halogens is 1. The summed E-state index contributed by atoms with van der Waals surface area (Å²) in [5.74, 6) is -0.0198. The molecule has 1 aliphatic carbocycles. The summed E-state index contributed by atoms with van der Waals surface area (Å²) in [6.07, 6.45) is 5.46. The number of aryl methyl sites for hydroxylation is 1. The number of nitrogens with one attached hydrogen (secondary N) is 1. The van der Waals surface area contributed by atoms with Crippen LogP contribution in [0, 0.1) is 12.8 Å². The van der Waals surface area contributed by atoms with Crippen LogP contribution in [0.25, 0.3) is 0 Å². The molecule has 1 fully saturated rings. The molecule has 4 rings (SSSR count). The van der Waals surface area contributed by atoms with Gasteiger partial charge in [-0.1, -0.05) is 6.07 Å². The monoisotopic (exact) mass is 355 g/mol. The summed E-state index contributed by atoms with van der Waals surface area (Å²) < 4.78 is 20.2. The molecule has 136 valence electrons. The second-order valence-electron chi connectivity index (χ2n) is 7.26. The van der Waals surface area contributed by atoms with Crippen molar-refractivity contribution in [1.29, 1.82) is 0 Å². The number of carbonyl (C=O) groups is 1. The zero-order valence-electron chi connectivity index (χ0n) is 14.9. The van der Waals surface area contributed by atoms with Crippen LogP contribution in [0.1, 0.15) is 47.3 Å². The lowest BCUT2D eigenvalue weighted by atomic mass is 9.77. The number of carboxylic acid groups (broad SMARTS) is 1. The topological polar surface area (TPSA) is 58.6 Å². The van der Waals surface area contributed by atoms with Gasteiger partial charge < -0.3 is 9.84 Å². The normalized spacial score (nSPS) is 27.7. The maximum atomic E-state index is 14.1. The van der Waals surface area contributed by atoms with Crippen LogP contribution in [0.5, 0.6) is 0 Å². The van der Waals surface area contributed by atoms with Gasteiger partial charge in [0, 0.05) is 17.5 Å². The van der Waals surface area contributed by atoms with Gasteiger partial charge >= 0.3 is 5.97 Å². The number of ether oxygens (including phenoxy) is 1. The Balaban J connectivity index is 1.78. The van der Waals surface area contributed by atoms with Crippen LogP contribution in [0.4, 0.5) is 4.39 Å². The van der Waals surface area contributed by atoms with Crippen molar-refractivity contribution in [2.75, 3.05) is 6.61 Å². The van der Waals surface area contributed by atoms with Crippen LogP contribution < -0.4 is 5.32 Å². The lowest BCUT2D eigenvalue weighted by Crippen LogP contribution is -2.45. The Morgan fingerprint density at radius 2 is 2.15 bits per heavy atom. The Morgan fingerprint density at radius 1 is 1.35 bits per heavy atom. The minimum absolute atomic E-state index is 0.0299. The van der Waals surface area contributed by atoms with E-state index in [0.717, 1.165) is 35.3 Å². The van der Waals surface area contributed by atoms with Gasteiger partial charge in [-0.2, -0.15) is 0 Å². The van der Waals surface area contributed by atoms with Gasteiger partial charge in [-0.25, -0.2) is 9.18 Å². The Morgan fingerprint density at radius 3 is 2.88 bits per heavy atom. The molecule has 0 radical (unpaired) electrons. The third kappa shape index (κ3) is 2.76. The van der Waals surface area contributed by atoms with E-state index in [1.165, 1.54) is 0 Å². The molecule has 0 aromatic heterocycles. The van der Waals surface area contributed by atoms with E-state index in [2.05, 4.69) is 5.32 Å². The molecule has 3 atom stereocenters. The van der Waals surface area contributed by atoms with Gasteiger partial charge in [0.1, 0.15) is 11.6 Å². The molecule has 0 amide bonds. The zero-order valence-corrected chi connectivity index (χ0v) is 14.9. The summed E-state index contributed by atoms with van der Waals surface area (Å²) in [7, 11) is 0. The Hall–Kier alpha value is -2.40. The number of hydrogen-bond donors (Lipinski definition) is 2. The third-order valence-corrected chi connectivity index (χ3v) is 5.55. The molecule has 1 aromatic carbocycles. The summed E-state index contributed by atoms with van der Waals surface area (Å²) in [4.78, 5) is 11.2. The van der Waals surface area contributed by atoms with Gasteiger partial charge in [0.2, 0.25) is 0 Å². The molecule has 1 saturated heterocycles. The molecular formula is C21H22FNO3. The predicted molar refractivity (Wildman–Crippen MR) is 96.5 cm³/mol. The smallest absolute Gasteiger partial charge is 0.335 e. The molecule has 2 N–H and O–H groups in total. The third-order valence-electron chi connectivity index (χ3n) is 5.55. The first kappa shape index (κ1) is 17.0. The zero-order chi connectivity index (χ0) is 18.4. The van der Waals surface area contributed by atoms with E-state index in [9.17, 15) is 14.3 Å². The minimum atomic E-state index is -0.932. The Bertz CT molecular complexity index is 868. The number of rotatable bonds is 2. The lowest BCUT2D eigenvalue weighted by Gasteiger charge is -2.43. The van der Waals surface area contributed by atoms with Gasteiger partial charge in [0.25, 0.3) is 0 Å². The summed E-state index contributed by atoms with van der Waals surface area (Å²) >= 11 is 0. The molecule has 0 bridgehead atoms. The molecule has 0 saturated carbocycles. The van der Waals surface area contributed by atoms with Crippen molar-refractivity contribution in [3.63, 3.8) is 0 Å². The van der Waals surface area contributed by atoms with Crippen molar-refractivity contribution in [3.8, 4) is 0 Å². The summed E-state index contributed by atoms with van der Waals surface area (Å²) in [6, 6.07) is 4.95. The van der Waals surface area contributed by atoms with Crippen molar-refractivity contribution in [3.05, 3.63) is 69.8 Å². The highest BCUT2D eigenvalue weighted by atomic mass is 19.1. The average molecular weight is 355 g/mol. The molecule has 26 heavy (non-hydrogen) atoms. The first-order valence-electron chi connectivity index (χ1n) is 8.98. The second kappa shape index (κ2) is 6.40. The quantitative estimate of drug-likeness (QED) is 0.835. The van der Waals surface area contributed by atoms with Crippen molar-refractivity contribution < 1.29 is 19.0 Å². The second-order valence-corrected chi connectivity index (χ2v) is 7.26. The number of allylic oxidation sites excluding steroid dienone is 2. The van der Waals surface area contributed by atoms with Crippen LogP contribution >= 0.6 is 0 Å². The molecule has 4 nitrogen and oxygen atoms in total. The van der Waals surface area contributed by atoms with Gasteiger partial charge in [-0.15, -0.1) is 0 Å². The van der Waals surface area contributed by atoms with Crippen LogP contribution in [-0.4, -0.2) is 23.7 Å². The molecule has 3 aliphatic rings. The molecule has 2 heterocycles. The van der Waals surface area contributed by atoms with E-state index < -0.39 is 5.97 Å². The highest BCUT2D eigenvalue weighted by molar-refractivity contribution is 5.87. The predicted octanol–water partition coefficient (Wildman–Crippen LogP) is 4.20. The van der Waals surface area contributed by atoms with Crippen molar-refractivity contribution in [1.82, 2.24) is 5.32 Å². The number of fused-ring (bicyclic) bond motifs is 2. The van der Waals surface area contributed by atoms with E-state index in [-0.39, 0.29) is 29.4 Å². The van der Waals surface area contributed by atoms with E-state index in [1.807, 2.05) is 19.1 Å². The fourth-order valence-corrected chi connectivity index (χ4v) is 4.23. The standard InChI is InChI=1S/C21H22FNO3/c1-11-8-13(21(24)25)5-6-14(11)19-15-4-3-7-26-20(15)16-9-12(2)17(22)10-18(16)23-19/h5-6,8-10,15,18-19,23H,3-4,7H2,1-2H3,(H,24,25)/t15-,18?,19+/m1/s1. The van der Waals surface area contributed by atoms with E-state index >= 15 is 0 Å². The van der Waals surface area contributed by atoms with Gasteiger partial charge in [0.05, 0.1) is 18.2 Å². The average Bonchev–Trinajstić information content (AvgIpc) is 2.62. The van der Waals surface area contributed by atoms with Crippen molar-refractivity contribution in [2.45, 2.75) is 38.8 Å². The number of benzene rings is 1. The van der Waals surface area contributed by atoms with E-state index in [0.29, 0.717) is 12.2 Å². The first-order chi connectivity index (χ1) is 12.5. The minimum Gasteiger partial charge on any atom is -0.497 e. The molecule has 0 spiro atoms. The Labute approximate surface area is 152 Å². The lowest BCUT2D eigenvalue weighted by molar-refractivity contribution is 0.0696. The van der Waals surface area contributed by atoms with Crippen LogP contribution in [0.15, 0.2) is 53.1 Å². The van der Waals surface area contributed by atoms with Crippen LogP contribution in [0.3, 0.4) is 0 Å². The highest BCUT2D eigenvalue weighted by Gasteiger charge is 2.40. The van der Waals surface area contributed by atoms with Crippen LogP contribution in [-0.2, 0) is 4.74 Å². The summed E-state index contributed by atoms with van der Waals surface area (Å²) in [5.41, 5.74) is 3.88. The molecule has 2 aliphatic heterocycles. The fraction of sp³-hybridized carbons (Fsp3) is 0.381. The molecule has 5 heteroatoms. The summed E-state index contributed by atoms with van der Waals surface area (Å²) in [5, 5.41) is 12.8. The largest absolute Gasteiger partial charge is 0.497 e. The molecule has 1 aromatic rings. The summed E-state index contributed by atoms with van der Waals surface area (Å²) in [6.45, 7) is 4.38. The van der Waals surface area contributed by atoms with Gasteiger partial charge in [-0.05, 0) is 67.7 Å². The van der Waals surface area contributed by atoms with Gasteiger partial charge in [-0.3, -0.25) is 5.32 Å². The van der Waals surface area contributed by atoms with Crippen molar-refractivity contribution >= 4 is 5.97 Å². The van der Waals surface area contributed by atoms with Gasteiger partial charge in [0.15, 0.2) is 0 Å². The van der Waals surface area contributed by atoms with Crippen molar-refractivity contribution in [2.24, 2.45) is 5.92 Å². The molecule has 1 unspecified atom stereocenters. The number of aromatic carboxylic acids is 1. The first-order valence-corrected chi connectivity index (χ1v) is 8.98. The Kier molecular flexibility index (Phi) is 4.19.